The molecule has 1 aromatic carbocycles. The molecule has 0 amide bonds. The predicted molar refractivity (Wildman–Crippen MR) is 66.5 cm³/mol. The van der Waals surface area contributed by atoms with Crippen molar-refractivity contribution in [2.24, 2.45) is 0 Å². The SMILES string of the molecule is Cc1cc(CC(C)(C)O)c2ccccc2n1. The highest BCUT2D eigenvalue weighted by Crippen LogP contribution is 2.22. The number of hydrogen-bond acceptors (Lipinski definition) is 2. The van der Waals surface area contributed by atoms with Crippen molar-refractivity contribution in [3.8, 4) is 0 Å². The lowest BCUT2D eigenvalue weighted by molar-refractivity contribution is 0.0813. The number of aryl methyl sites for hydroxylation is 1. The lowest BCUT2D eigenvalue weighted by Gasteiger charge is -2.18. The van der Waals surface area contributed by atoms with Gasteiger partial charge in [0.25, 0.3) is 0 Å². The Hall–Kier alpha value is -1.41. The van der Waals surface area contributed by atoms with Crippen LogP contribution < -0.4 is 0 Å². The Bertz CT molecular complexity index is 512. The maximum Gasteiger partial charge on any atom is 0.0707 e. The number of pyridine rings is 1. The number of aliphatic hydroxyl groups is 1. The van der Waals surface area contributed by atoms with Gasteiger partial charge in [-0.05, 0) is 38.5 Å². The van der Waals surface area contributed by atoms with Crippen LogP contribution in [0.3, 0.4) is 0 Å². The van der Waals surface area contributed by atoms with Gasteiger partial charge in [0.2, 0.25) is 0 Å². The Morgan fingerprint density at radius 3 is 2.62 bits per heavy atom. The number of aromatic nitrogens is 1. The fraction of sp³-hybridized carbons (Fsp3) is 0.357. The van der Waals surface area contributed by atoms with E-state index in [1.54, 1.807) is 0 Å². The van der Waals surface area contributed by atoms with Crippen LogP contribution >= 0.6 is 0 Å². The summed E-state index contributed by atoms with van der Waals surface area (Å²) in [5, 5.41) is 11.0. The standard InChI is InChI=1S/C14H17NO/c1-10-8-11(9-14(2,3)16)12-6-4-5-7-13(12)15-10/h4-8,16H,9H2,1-3H3. The van der Waals surface area contributed by atoms with E-state index in [1.807, 2.05) is 39.0 Å². The minimum absolute atomic E-state index is 0.650. The van der Waals surface area contributed by atoms with Crippen LogP contribution in [0.15, 0.2) is 30.3 Å². The second-order valence-corrected chi connectivity index (χ2v) is 4.93. The summed E-state index contributed by atoms with van der Waals surface area (Å²) in [6.07, 6.45) is 0.650. The lowest BCUT2D eigenvalue weighted by Crippen LogP contribution is -2.22. The van der Waals surface area contributed by atoms with E-state index in [0.29, 0.717) is 6.42 Å². The molecule has 84 valence electrons. The van der Waals surface area contributed by atoms with Gasteiger partial charge >= 0.3 is 0 Å². The molecule has 0 atom stereocenters. The van der Waals surface area contributed by atoms with Gasteiger partial charge in [-0.15, -0.1) is 0 Å². The summed E-state index contributed by atoms with van der Waals surface area (Å²) in [7, 11) is 0. The summed E-state index contributed by atoms with van der Waals surface area (Å²) in [5.74, 6) is 0. The number of hydrogen-bond donors (Lipinski definition) is 1. The minimum atomic E-state index is -0.684. The predicted octanol–water partition coefficient (Wildman–Crippen LogP) is 2.86. The maximum absolute atomic E-state index is 9.90. The van der Waals surface area contributed by atoms with Crippen molar-refractivity contribution in [1.82, 2.24) is 4.98 Å². The Morgan fingerprint density at radius 2 is 1.94 bits per heavy atom. The zero-order valence-corrected chi connectivity index (χ0v) is 9.99. The average molecular weight is 215 g/mol. The largest absolute Gasteiger partial charge is 0.390 e. The first kappa shape index (κ1) is 11.1. The Balaban J connectivity index is 2.59. The molecule has 0 radical (unpaired) electrons. The zero-order chi connectivity index (χ0) is 11.8. The quantitative estimate of drug-likeness (QED) is 0.835. The molecule has 2 rings (SSSR count). The smallest absolute Gasteiger partial charge is 0.0707 e. The van der Waals surface area contributed by atoms with Crippen molar-refractivity contribution >= 4 is 10.9 Å². The van der Waals surface area contributed by atoms with Gasteiger partial charge < -0.3 is 5.11 Å². The van der Waals surface area contributed by atoms with Gasteiger partial charge in [0.1, 0.15) is 0 Å². The van der Waals surface area contributed by atoms with E-state index in [2.05, 4.69) is 17.1 Å². The van der Waals surface area contributed by atoms with Crippen LogP contribution in [-0.4, -0.2) is 15.7 Å². The van der Waals surface area contributed by atoms with Crippen LogP contribution in [0.25, 0.3) is 10.9 Å². The molecule has 0 saturated heterocycles. The first-order chi connectivity index (χ1) is 7.46. The average Bonchev–Trinajstić information content (AvgIpc) is 2.14. The fourth-order valence-electron chi connectivity index (χ4n) is 2.01. The summed E-state index contributed by atoms with van der Waals surface area (Å²) >= 11 is 0. The molecule has 0 aliphatic rings. The second-order valence-electron chi connectivity index (χ2n) is 4.93. The van der Waals surface area contributed by atoms with E-state index in [4.69, 9.17) is 0 Å². The van der Waals surface area contributed by atoms with E-state index in [-0.39, 0.29) is 0 Å². The highest BCUT2D eigenvalue weighted by molar-refractivity contribution is 5.82. The summed E-state index contributed by atoms with van der Waals surface area (Å²) in [4.78, 5) is 4.48. The van der Waals surface area contributed by atoms with Gasteiger partial charge in [-0.3, -0.25) is 4.98 Å². The van der Waals surface area contributed by atoms with Crippen LogP contribution in [0.4, 0.5) is 0 Å². The molecule has 1 aromatic heterocycles. The molecule has 0 aliphatic carbocycles. The molecule has 0 bridgehead atoms. The molecule has 2 nitrogen and oxygen atoms in total. The minimum Gasteiger partial charge on any atom is -0.390 e. The van der Waals surface area contributed by atoms with E-state index >= 15 is 0 Å². The lowest BCUT2D eigenvalue weighted by atomic mass is 9.95. The Kier molecular flexibility index (Phi) is 2.68. The second kappa shape index (κ2) is 3.87. The molecule has 2 heteroatoms. The van der Waals surface area contributed by atoms with Crippen molar-refractivity contribution in [2.45, 2.75) is 32.8 Å². The van der Waals surface area contributed by atoms with Crippen molar-refractivity contribution in [3.63, 3.8) is 0 Å². The number of rotatable bonds is 2. The van der Waals surface area contributed by atoms with Gasteiger partial charge in [-0.2, -0.15) is 0 Å². The molecule has 0 spiro atoms. The van der Waals surface area contributed by atoms with E-state index in [0.717, 1.165) is 22.2 Å². The third-order valence-corrected chi connectivity index (χ3v) is 2.55. The molecule has 0 fully saturated rings. The third-order valence-electron chi connectivity index (χ3n) is 2.55. The Morgan fingerprint density at radius 1 is 1.25 bits per heavy atom. The van der Waals surface area contributed by atoms with E-state index in [9.17, 15) is 5.11 Å². The molecule has 1 N–H and O–H groups in total. The van der Waals surface area contributed by atoms with Crippen molar-refractivity contribution in [3.05, 3.63) is 41.6 Å². The van der Waals surface area contributed by atoms with Gasteiger partial charge in [0, 0.05) is 17.5 Å². The van der Waals surface area contributed by atoms with E-state index < -0.39 is 5.60 Å². The van der Waals surface area contributed by atoms with Gasteiger partial charge in [0.15, 0.2) is 0 Å². The first-order valence-electron chi connectivity index (χ1n) is 5.53. The molecular weight excluding hydrogens is 198 g/mol. The number of fused-ring (bicyclic) bond motifs is 1. The van der Waals surface area contributed by atoms with Crippen molar-refractivity contribution in [2.75, 3.05) is 0 Å². The summed E-state index contributed by atoms with van der Waals surface area (Å²) in [6.45, 7) is 5.65. The molecule has 2 aromatic rings. The monoisotopic (exact) mass is 215 g/mol. The molecule has 0 unspecified atom stereocenters. The summed E-state index contributed by atoms with van der Waals surface area (Å²) in [5.41, 5.74) is 2.48. The van der Waals surface area contributed by atoms with Crippen LogP contribution in [-0.2, 0) is 6.42 Å². The molecular formula is C14H17NO. The highest BCUT2D eigenvalue weighted by Gasteiger charge is 2.15. The topological polar surface area (TPSA) is 33.1 Å². The summed E-state index contributed by atoms with van der Waals surface area (Å²) < 4.78 is 0. The first-order valence-corrected chi connectivity index (χ1v) is 5.53. The number of nitrogens with zero attached hydrogens (tertiary/aromatic N) is 1. The highest BCUT2D eigenvalue weighted by atomic mass is 16.3. The van der Waals surface area contributed by atoms with Crippen LogP contribution in [0.1, 0.15) is 25.1 Å². The van der Waals surface area contributed by atoms with Gasteiger partial charge in [0.05, 0.1) is 11.1 Å². The van der Waals surface area contributed by atoms with Crippen molar-refractivity contribution < 1.29 is 5.11 Å². The van der Waals surface area contributed by atoms with Crippen LogP contribution in [0.2, 0.25) is 0 Å². The summed E-state index contributed by atoms with van der Waals surface area (Å²) in [6, 6.07) is 10.1. The zero-order valence-electron chi connectivity index (χ0n) is 9.99. The Labute approximate surface area is 96.0 Å². The molecule has 0 aliphatic heterocycles. The van der Waals surface area contributed by atoms with Crippen LogP contribution in [0.5, 0.6) is 0 Å². The molecule has 1 heterocycles. The van der Waals surface area contributed by atoms with Gasteiger partial charge in [-0.25, -0.2) is 0 Å². The third kappa shape index (κ3) is 2.39. The molecule has 0 saturated carbocycles. The molecule has 16 heavy (non-hydrogen) atoms. The van der Waals surface area contributed by atoms with Gasteiger partial charge in [-0.1, -0.05) is 18.2 Å². The van der Waals surface area contributed by atoms with Crippen molar-refractivity contribution in [1.29, 1.82) is 0 Å². The number of benzene rings is 1. The van der Waals surface area contributed by atoms with E-state index in [1.165, 1.54) is 0 Å². The number of para-hydroxylation sites is 1. The van der Waals surface area contributed by atoms with Crippen LogP contribution in [0, 0.1) is 6.92 Å². The maximum atomic E-state index is 9.90. The fourth-order valence-corrected chi connectivity index (χ4v) is 2.01. The normalized spacial score (nSPS) is 12.0.